The smallest absolute Gasteiger partial charge is 0.123 e. The van der Waals surface area contributed by atoms with E-state index in [2.05, 4.69) is 4.90 Å². The predicted molar refractivity (Wildman–Crippen MR) is 86.1 cm³/mol. The molecule has 1 saturated carbocycles. The molecule has 1 spiro atoms. The molecule has 3 heteroatoms. The van der Waals surface area contributed by atoms with Crippen LogP contribution in [0.15, 0.2) is 18.2 Å². The van der Waals surface area contributed by atoms with Crippen LogP contribution in [-0.2, 0) is 6.42 Å². The average molecular weight is 290 g/mol. The Morgan fingerprint density at radius 2 is 1.86 bits per heavy atom. The lowest BCUT2D eigenvalue weighted by molar-refractivity contribution is 0.226. The second-order valence-corrected chi connectivity index (χ2v) is 7.15. The van der Waals surface area contributed by atoms with Gasteiger partial charge in [0.05, 0.1) is 0 Å². The van der Waals surface area contributed by atoms with Gasteiger partial charge in [0.1, 0.15) is 5.82 Å². The summed E-state index contributed by atoms with van der Waals surface area (Å²) in [4.78, 5) is 2.45. The molecule has 1 aliphatic heterocycles. The Hall–Kier alpha value is -1.09. The Labute approximate surface area is 127 Å². The molecule has 21 heavy (non-hydrogen) atoms. The first-order valence-corrected chi connectivity index (χ1v) is 8.37. The Bertz CT molecular complexity index is 482. The average Bonchev–Trinajstić information content (AvgIpc) is 2.88. The molecule has 0 aromatic heterocycles. The lowest BCUT2D eigenvalue weighted by Gasteiger charge is -2.41. The summed E-state index contributed by atoms with van der Waals surface area (Å²) in [7, 11) is 0. The molecule has 1 aromatic rings. The van der Waals surface area contributed by atoms with Crippen molar-refractivity contribution in [2.24, 2.45) is 11.1 Å². The van der Waals surface area contributed by atoms with Gasteiger partial charge in [-0.15, -0.1) is 0 Å². The number of rotatable bonds is 3. The van der Waals surface area contributed by atoms with Crippen LogP contribution in [0.2, 0.25) is 0 Å². The summed E-state index contributed by atoms with van der Waals surface area (Å²) in [5.41, 5.74) is 8.81. The molecule has 1 aromatic carbocycles. The van der Waals surface area contributed by atoms with E-state index in [1.807, 2.05) is 13.0 Å². The van der Waals surface area contributed by atoms with Gasteiger partial charge in [0.15, 0.2) is 0 Å². The van der Waals surface area contributed by atoms with Crippen LogP contribution in [0.25, 0.3) is 0 Å². The van der Waals surface area contributed by atoms with E-state index in [0.29, 0.717) is 5.41 Å². The molecule has 0 radical (unpaired) electrons. The zero-order valence-electron chi connectivity index (χ0n) is 13.1. The third-order valence-electron chi connectivity index (χ3n) is 5.41. The van der Waals surface area contributed by atoms with E-state index < -0.39 is 0 Å². The summed E-state index contributed by atoms with van der Waals surface area (Å²) < 4.78 is 13.5. The highest BCUT2D eigenvalue weighted by Gasteiger charge is 2.37. The molecule has 1 unspecified atom stereocenters. The number of halogens is 1. The zero-order valence-corrected chi connectivity index (χ0v) is 13.1. The molecule has 1 saturated heterocycles. The maximum Gasteiger partial charge on any atom is 0.123 e. The quantitative estimate of drug-likeness (QED) is 0.915. The van der Waals surface area contributed by atoms with Crippen molar-refractivity contribution in [3.05, 3.63) is 29.6 Å². The summed E-state index contributed by atoms with van der Waals surface area (Å²) in [6.45, 7) is 4.20. The lowest BCUT2D eigenvalue weighted by Crippen LogP contribution is -2.39. The molecule has 2 N–H and O–H groups in total. The maximum absolute atomic E-state index is 13.5. The molecular weight excluding hydrogens is 263 g/mol. The van der Waals surface area contributed by atoms with E-state index in [1.165, 1.54) is 44.2 Å². The monoisotopic (exact) mass is 290 g/mol. The summed E-state index contributed by atoms with van der Waals surface area (Å²) in [5, 5.41) is 0. The molecule has 116 valence electrons. The Morgan fingerprint density at radius 1 is 1.19 bits per heavy atom. The van der Waals surface area contributed by atoms with Crippen LogP contribution < -0.4 is 10.6 Å². The van der Waals surface area contributed by atoms with E-state index in [0.717, 1.165) is 25.1 Å². The predicted octanol–water partition coefficient (Wildman–Crippen LogP) is 3.88. The standard InChI is InChI=1S/C18H27FN2/c1-14(20)12-15-13-16(19)4-5-17(15)21-10-8-18(9-11-21)6-2-3-7-18/h4-5,13-14H,2-3,6-12,20H2,1H3. The molecule has 3 rings (SSSR count). The molecule has 0 bridgehead atoms. The molecule has 2 aliphatic rings. The van der Waals surface area contributed by atoms with Crippen LogP contribution in [0, 0.1) is 11.2 Å². The van der Waals surface area contributed by atoms with Crippen molar-refractivity contribution < 1.29 is 4.39 Å². The third-order valence-corrected chi connectivity index (χ3v) is 5.41. The minimum absolute atomic E-state index is 0.0662. The van der Waals surface area contributed by atoms with Crippen molar-refractivity contribution in [2.75, 3.05) is 18.0 Å². The number of nitrogens with zero attached hydrogens (tertiary/aromatic N) is 1. The van der Waals surface area contributed by atoms with Gasteiger partial charge in [0.2, 0.25) is 0 Å². The third kappa shape index (κ3) is 3.23. The first-order chi connectivity index (χ1) is 10.1. The number of anilines is 1. The zero-order chi connectivity index (χ0) is 14.9. The van der Waals surface area contributed by atoms with E-state index in [-0.39, 0.29) is 11.9 Å². The molecule has 1 atom stereocenters. The van der Waals surface area contributed by atoms with Crippen LogP contribution in [0.1, 0.15) is 51.0 Å². The highest BCUT2D eigenvalue weighted by Crippen LogP contribution is 2.46. The molecular formula is C18H27FN2. The Kier molecular flexibility index (Phi) is 4.21. The minimum atomic E-state index is -0.154. The normalized spacial score (nSPS) is 22.7. The second-order valence-electron chi connectivity index (χ2n) is 7.15. The number of nitrogens with two attached hydrogens (primary N) is 1. The fraction of sp³-hybridized carbons (Fsp3) is 0.667. The number of hydrogen-bond donors (Lipinski definition) is 1. The van der Waals surface area contributed by atoms with Gasteiger partial charge in [0, 0.05) is 24.8 Å². The maximum atomic E-state index is 13.5. The topological polar surface area (TPSA) is 29.3 Å². The van der Waals surface area contributed by atoms with Gasteiger partial charge in [-0.05, 0) is 68.2 Å². The largest absolute Gasteiger partial charge is 0.371 e. The van der Waals surface area contributed by atoms with Gasteiger partial charge in [-0.3, -0.25) is 0 Å². The SMILES string of the molecule is CC(N)Cc1cc(F)ccc1N1CCC2(CCCC2)CC1. The Morgan fingerprint density at radius 3 is 2.48 bits per heavy atom. The van der Waals surface area contributed by atoms with Crippen molar-refractivity contribution >= 4 is 5.69 Å². The van der Waals surface area contributed by atoms with Gasteiger partial charge < -0.3 is 10.6 Å². The second kappa shape index (κ2) is 5.96. The fourth-order valence-corrected chi connectivity index (χ4v) is 4.22. The van der Waals surface area contributed by atoms with Crippen LogP contribution in [-0.4, -0.2) is 19.1 Å². The summed E-state index contributed by atoms with van der Waals surface area (Å²) in [6, 6.07) is 5.26. The van der Waals surface area contributed by atoms with E-state index in [1.54, 1.807) is 12.1 Å². The van der Waals surface area contributed by atoms with Gasteiger partial charge in [-0.1, -0.05) is 12.8 Å². The van der Waals surface area contributed by atoms with Crippen molar-refractivity contribution in [2.45, 2.75) is 57.9 Å². The van der Waals surface area contributed by atoms with Crippen molar-refractivity contribution in [1.29, 1.82) is 0 Å². The molecule has 1 aliphatic carbocycles. The highest BCUT2D eigenvalue weighted by atomic mass is 19.1. The van der Waals surface area contributed by atoms with Gasteiger partial charge >= 0.3 is 0 Å². The number of piperidine rings is 1. The van der Waals surface area contributed by atoms with Gasteiger partial charge in [0.25, 0.3) is 0 Å². The minimum Gasteiger partial charge on any atom is -0.371 e. The lowest BCUT2D eigenvalue weighted by atomic mass is 9.77. The first-order valence-electron chi connectivity index (χ1n) is 8.37. The van der Waals surface area contributed by atoms with Gasteiger partial charge in [-0.25, -0.2) is 4.39 Å². The van der Waals surface area contributed by atoms with Crippen LogP contribution in [0.3, 0.4) is 0 Å². The van der Waals surface area contributed by atoms with Crippen molar-refractivity contribution in [1.82, 2.24) is 0 Å². The first kappa shape index (κ1) is 14.8. The van der Waals surface area contributed by atoms with Crippen LogP contribution in [0.4, 0.5) is 10.1 Å². The number of hydrogen-bond acceptors (Lipinski definition) is 2. The fourth-order valence-electron chi connectivity index (χ4n) is 4.22. The summed E-state index contributed by atoms with van der Waals surface area (Å²) >= 11 is 0. The van der Waals surface area contributed by atoms with Crippen molar-refractivity contribution in [3.8, 4) is 0 Å². The molecule has 0 amide bonds. The number of benzene rings is 1. The summed E-state index contributed by atoms with van der Waals surface area (Å²) in [6.07, 6.45) is 8.98. The van der Waals surface area contributed by atoms with E-state index in [9.17, 15) is 4.39 Å². The molecule has 2 nitrogen and oxygen atoms in total. The highest BCUT2D eigenvalue weighted by molar-refractivity contribution is 5.54. The molecule has 1 heterocycles. The van der Waals surface area contributed by atoms with E-state index in [4.69, 9.17) is 5.73 Å². The van der Waals surface area contributed by atoms with Crippen molar-refractivity contribution in [3.63, 3.8) is 0 Å². The summed E-state index contributed by atoms with van der Waals surface area (Å²) in [5.74, 6) is -0.154. The Balaban J connectivity index is 1.75. The van der Waals surface area contributed by atoms with Crippen LogP contribution in [0.5, 0.6) is 0 Å². The van der Waals surface area contributed by atoms with Gasteiger partial charge in [-0.2, -0.15) is 0 Å². The van der Waals surface area contributed by atoms with Crippen LogP contribution >= 0.6 is 0 Å². The van der Waals surface area contributed by atoms with E-state index >= 15 is 0 Å². The molecule has 2 fully saturated rings.